The highest BCUT2D eigenvalue weighted by atomic mass is 31.2. The molecule has 0 radical (unpaired) electrons. The number of hydrogen-bond acceptors (Lipinski definition) is 15. The number of hydrogen-bond donors (Lipinski definition) is 3. The van der Waals surface area contributed by atoms with Crippen molar-refractivity contribution in [3.05, 3.63) is 0 Å². The van der Waals surface area contributed by atoms with Crippen molar-refractivity contribution in [2.45, 2.75) is 355 Å². The van der Waals surface area contributed by atoms with E-state index < -0.39 is 97.5 Å². The van der Waals surface area contributed by atoms with E-state index in [0.717, 1.165) is 115 Å². The van der Waals surface area contributed by atoms with Gasteiger partial charge in [0.2, 0.25) is 0 Å². The minimum absolute atomic E-state index is 0.105. The van der Waals surface area contributed by atoms with Crippen LogP contribution in [0.1, 0.15) is 337 Å². The number of phosphoric ester groups is 2. The molecule has 510 valence electrons. The summed E-state index contributed by atoms with van der Waals surface area (Å²) < 4.78 is 68.0. The van der Waals surface area contributed by atoms with Crippen molar-refractivity contribution < 1.29 is 80.2 Å². The number of carbonyl (C=O) groups excluding carboxylic acids is 4. The first kappa shape index (κ1) is 84.1. The van der Waals surface area contributed by atoms with Gasteiger partial charge in [-0.3, -0.25) is 37.3 Å². The van der Waals surface area contributed by atoms with Gasteiger partial charge in [0.15, 0.2) is 12.2 Å². The van der Waals surface area contributed by atoms with Crippen LogP contribution in [-0.2, 0) is 65.4 Å². The highest BCUT2D eigenvalue weighted by Gasteiger charge is 2.30. The SMILES string of the molecule is CCCCCCCCCCCC(=O)O[C@H](COC(=O)CCCCCCCCC)COP(=O)(O)OC[C@H](O)COP(=O)(O)OC[C@@H](COC(=O)CCCCCCCCCCCCCC(C)C)OC(=O)CCCCCCCCCCCCCCCC(C)C. The van der Waals surface area contributed by atoms with E-state index in [2.05, 4.69) is 41.5 Å². The Balaban J connectivity index is 5.20. The van der Waals surface area contributed by atoms with Crippen LogP contribution in [0.4, 0.5) is 0 Å². The van der Waals surface area contributed by atoms with Crippen molar-refractivity contribution in [2.24, 2.45) is 11.8 Å². The molecule has 0 aromatic carbocycles. The van der Waals surface area contributed by atoms with Gasteiger partial charge in [-0.1, -0.05) is 286 Å². The van der Waals surface area contributed by atoms with Gasteiger partial charge in [-0.25, -0.2) is 9.13 Å². The topological polar surface area (TPSA) is 237 Å². The van der Waals surface area contributed by atoms with Crippen molar-refractivity contribution >= 4 is 39.5 Å². The van der Waals surface area contributed by atoms with Crippen LogP contribution in [0.3, 0.4) is 0 Å². The van der Waals surface area contributed by atoms with E-state index in [0.29, 0.717) is 25.7 Å². The molecule has 0 fully saturated rings. The second-order valence-corrected chi connectivity index (χ2v) is 28.1. The van der Waals surface area contributed by atoms with Crippen molar-refractivity contribution in [3.8, 4) is 0 Å². The summed E-state index contributed by atoms with van der Waals surface area (Å²) in [7, 11) is -9.89. The predicted molar refractivity (Wildman–Crippen MR) is 345 cm³/mol. The van der Waals surface area contributed by atoms with Crippen LogP contribution in [0.25, 0.3) is 0 Å². The molecule has 0 aromatic rings. The average Bonchev–Trinajstić information content (AvgIpc) is 3.55. The minimum Gasteiger partial charge on any atom is -0.462 e. The molecule has 3 N–H and O–H groups in total. The van der Waals surface area contributed by atoms with Crippen LogP contribution in [-0.4, -0.2) is 96.7 Å². The first-order valence-corrected chi connectivity index (χ1v) is 38.0. The predicted octanol–water partition coefficient (Wildman–Crippen LogP) is 18.8. The summed E-state index contributed by atoms with van der Waals surface area (Å²) in [6.07, 6.45) is 43.1. The Morgan fingerprint density at radius 1 is 0.314 bits per heavy atom. The van der Waals surface area contributed by atoms with E-state index in [1.54, 1.807) is 0 Å². The normalized spacial score (nSPS) is 14.2. The Hall–Kier alpha value is -1.94. The summed E-state index contributed by atoms with van der Waals surface area (Å²) in [5.41, 5.74) is 0. The molecule has 0 saturated heterocycles. The molecule has 0 spiro atoms. The van der Waals surface area contributed by atoms with Crippen LogP contribution in [0.5, 0.6) is 0 Å². The molecule has 19 heteroatoms. The third kappa shape index (κ3) is 60.9. The van der Waals surface area contributed by atoms with E-state index in [4.69, 9.17) is 37.0 Å². The molecule has 2 unspecified atom stereocenters. The van der Waals surface area contributed by atoms with Gasteiger partial charge in [-0.2, -0.15) is 0 Å². The van der Waals surface area contributed by atoms with Crippen LogP contribution >= 0.6 is 15.6 Å². The van der Waals surface area contributed by atoms with Crippen molar-refractivity contribution in [1.29, 1.82) is 0 Å². The van der Waals surface area contributed by atoms with Crippen molar-refractivity contribution in [3.63, 3.8) is 0 Å². The Labute approximate surface area is 524 Å². The quantitative estimate of drug-likeness (QED) is 0.0222. The molecule has 0 amide bonds. The lowest BCUT2D eigenvalue weighted by atomic mass is 10.0. The number of ether oxygens (including phenoxy) is 4. The molecule has 86 heavy (non-hydrogen) atoms. The van der Waals surface area contributed by atoms with E-state index in [9.17, 15) is 43.2 Å². The van der Waals surface area contributed by atoms with Gasteiger partial charge in [0.1, 0.15) is 19.3 Å². The fourth-order valence-electron chi connectivity index (χ4n) is 10.1. The van der Waals surface area contributed by atoms with Crippen molar-refractivity contribution in [2.75, 3.05) is 39.6 Å². The Bertz CT molecular complexity index is 1680. The summed E-state index contributed by atoms with van der Waals surface area (Å²) in [6, 6.07) is 0. The zero-order valence-corrected chi connectivity index (χ0v) is 57.4. The zero-order chi connectivity index (χ0) is 63.6. The Morgan fingerprint density at radius 3 is 0.791 bits per heavy atom. The summed E-state index contributed by atoms with van der Waals surface area (Å²) in [4.78, 5) is 72.2. The lowest BCUT2D eigenvalue weighted by molar-refractivity contribution is -0.161. The third-order valence-electron chi connectivity index (χ3n) is 15.5. The first-order chi connectivity index (χ1) is 41.4. The standard InChI is InChI=1S/C67H130O17P2/c1-7-9-11-13-15-24-33-39-45-51-66(71)83-62(55-77-64(69)49-43-37-29-14-12-10-8-2)57-81-85(73,74)79-53-61(68)54-80-86(75,76)82-58-63(56-78-65(70)50-44-38-32-27-23-19-21-26-31-36-42-48-60(5)6)84-67(72)52-46-40-34-28-22-18-16-17-20-25-30-35-41-47-59(3)4/h59-63,68H,7-58H2,1-6H3,(H,73,74)(H,75,76)/t61-,62+,63+/m0/s1. The van der Waals surface area contributed by atoms with E-state index in [1.807, 2.05) is 0 Å². The van der Waals surface area contributed by atoms with Crippen molar-refractivity contribution in [1.82, 2.24) is 0 Å². The summed E-state index contributed by atoms with van der Waals surface area (Å²) in [5.74, 6) is -0.576. The van der Waals surface area contributed by atoms with Crippen LogP contribution in [0.15, 0.2) is 0 Å². The molecule has 0 saturated carbocycles. The summed E-state index contributed by atoms with van der Waals surface area (Å²) >= 11 is 0. The first-order valence-electron chi connectivity index (χ1n) is 35.0. The van der Waals surface area contributed by atoms with Gasteiger partial charge < -0.3 is 33.8 Å². The number of aliphatic hydroxyl groups is 1. The monoisotopic (exact) mass is 1270 g/mol. The molecular formula is C67H130O17P2. The number of aliphatic hydroxyl groups excluding tert-OH is 1. The van der Waals surface area contributed by atoms with Gasteiger partial charge in [0.25, 0.3) is 0 Å². The fourth-order valence-corrected chi connectivity index (χ4v) is 11.6. The maximum absolute atomic E-state index is 13.0. The smallest absolute Gasteiger partial charge is 0.462 e. The second kappa shape index (κ2) is 59.4. The maximum Gasteiger partial charge on any atom is 0.472 e. The van der Waals surface area contributed by atoms with E-state index in [1.165, 1.54) is 141 Å². The molecule has 5 atom stereocenters. The van der Waals surface area contributed by atoms with E-state index >= 15 is 0 Å². The molecule has 0 bridgehead atoms. The molecule has 0 aliphatic rings. The average molecular weight is 1270 g/mol. The number of phosphoric acid groups is 2. The van der Waals surface area contributed by atoms with E-state index in [-0.39, 0.29) is 25.7 Å². The molecule has 0 aliphatic heterocycles. The largest absolute Gasteiger partial charge is 0.472 e. The summed E-state index contributed by atoms with van der Waals surface area (Å²) in [5, 5.41) is 10.5. The van der Waals surface area contributed by atoms with Gasteiger partial charge in [0, 0.05) is 25.7 Å². The lowest BCUT2D eigenvalue weighted by Gasteiger charge is -2.21. The lowest BCUT2D eigenvalue weighted by Crippen LogP contribution is -2.30. The number of carbonyl (C=O) groups is 4. The highest BCUT2D eigenvalue weighted by Crippen LogP contribution is 2.45. The molecule has 17 nitrogen and oxygen atoms in total. The third-order valence-corrected chi connectivity index (χ3v) is 17.4. The number of unbranched alkanes of at least 4 members (excludes halogenated alkanes) is 36. The van der Waals surface area contributed by atoms with Gasteiger partial charge in [-0.05, 0) is 37.5 Å². The highest BCUT2D eigenvalue weighted by molar-refractivity contribution is 7.47. The second-order valence-electron chi connectivity index (χ2n) is 25.2. The van der Waals surface area contributed by atoms with Gasteiger partial charge in [0.05, 0.1) is 26.4 Å². The molecule has 0 rings (SSSR count). The van der Waals surface area contributed by atoms with Gasteiger partial charge in [-0.15, -0.1) is 0 Å². The number of rotatable bonds is 66. The van der Waals surface area contributed by atoms with Crippen LogP contribution in [0.2, 0.25) is 0 Å². The molecular weight excluding hydrogens is 1140 g/mol. The Kier molecular flexibility index (Phi) is 58.0. The van der Waals surface area contributed by atoms with Crippen LogP contribution in [0, 0.1) is 11.8 Å². The Morgan fingerprint density at radius 2 is 0.535 bits per heavy atom. The molecule has 0 aliphatic carbocycles. The minimum atomic E-state index is -4.95. The summed E-state index contributed by atoms with van der Waals surface area (Å²) in [6.45, 7) is 9.49. The van der Waals surface area contributed by atoms with Gasteiger partial charge >= 0.3 is 39.5 Å². The zero-order valence-electron chi connectivity index (χ0n) is 55.6. The molecule has 0 heterocycles. The van der Waals surface area contributed by atoms with Crippen LogP contribution < -0.4 is 0 Å². The fraction of sp³-hybridized carbons (Fsp3) is 0.940. The maximum atomic E-state index is 13.0. The molecule has 0 aromatic heterocycles. The number of esters is 4.